The van der Waals surface area contributed by atoms with E-state index in [-0.39, 0.29) is 214 Å². The highest BCUT2D eigenvalue weighted by Gasteiger charge is 2.44. The van der Waals surface area contributed by atoms with E-state index < -0.39 is 157 Å². The number of hydrogen-bond acceptors (Lipinski definition) is 26. The van der Waals surface area contributed by atoms with E-state index in [1.54, 1.807) is 51.6 Å². The first kappa shape index (κ1) is 103. The maximum atomic E-state index is 14.8. The van der Waals surface area contributed by atoms with Crippen molar-refractivity contribution in [2.75, 3.05) is 55.7 Å². The lowest BCUT2D eigenvalue weighted by atomic mass is 9.93. The first-order valence-electron chi connectivity index (χ1n) is 43.7. The number of anilines is 3. The van der Waals surface area contributed by atoms with Crippen LogP contribution < -0.4 is 108 Å². The van der Waals surface area contributed by atoms with E-state index in [0.717, 1.165) is 12.2 Å². The molecule has 0 bridgehead atoms. The fraction of sp³-hybridized carbons (Fsp3) is 0.536. The third-order valence-electron chi connectivity index (χ3n) is 21.9. The van der Waals surface area contributed by atoms with E-state index in [9.17, 15) is 92.7 Å². The van der Waals surface area contributed by atoms with Crippen molar-refractivity contribution in [1.82, 2.24) is 94.3 Å². The van der Waals surface area contributed by atoms with Gasteiger partial charge in [-0.15, -0.1) is 0 Å². The molecule has 8 rings (SSSR count). The minimum absolute atomic E-state index is 0.000421. The number of carboxylic acids is 2. The van der Waals surface area contributed by atoms with Gasteiger partial charge >= 0.3 is 35.1 Å². The van der Waals surface area contributed by atoms with Crippen molar-refractivity contribution in [3.05, 3.63) is 60.2 Å². The Balaban J connectivity index is 0.962. The topological polar surface area (TPSA) is 761 Å². The number of guanidine groups is 3. The number of thioether (sulfide) groups is 1. The van der Waals surface area contributed by atoms with E-state index in [2.05, 4.69) is 100 Å². The molecule has 3 unspecified atom stereocenters. The van der Waals surface area contributed by atoms with Gasteiger partial charge in [-0.25, -0.2) is 14.0 Å². The van der Waals surface area contributed by atoms with Gasteiger partial charge in [0, 0.05) is 67.8 Å². The number of phenols is 2. The van der Waals surface area contributed by atoms with Gasteiger partial charge in [0.15, 0.2) is 17.9 Å². The van der Waals surface area contributed by atoms with Crippen molar-refractivity contribution in [2.45, 2.75) is 228 Å². The van der Waals surface area contributed by atoms with Crippen LogP contribution in [0.15, 0.2) is 59.0 Å². The molecule has 718 valence electrons. The number of aromatic nitrogens is 3. The third kappa shape index (κ3) is 32.2. The highest BCUT2D eigenvalue weighted by molar-refractivity contribution is 8.00. The van der Waals surface area contributed by atoms with Gasteiger partial charge < -0.3 is 138 Å². The second-order valence-electron chi connectivity index (χ2n) is 33.3. The number of primary amides is 1. The van der Waals surface area contributed by atoms with Crippen LogP contribution in [-0.2, 0) is 57.5 Å². The molecule has 0 aliphatic carbocycles. The number of nitrogens with zero attached hydrogens (tertiary/aromatic N) is 4. The molecule has 3 aliphatic rings. The predicted molar refractivity (Wildman–Crippen MR) is 486 cm³/mol. The molecule has 3 aliphatic heterocycles. The molecule has 5 aromatic rings. The number of fused-ring (bicyclic) bond motifs is 3. The smallest absolute Gasteiger partial charge is 0.365 e. The molecule has 2 aromatic heterocycles. The molecule has 12 atom stereocenters. The Bertz CT molecular complexity index is 4970. The Labute approximate surface area is 763 Å². The Morgan fingerprint density at radius 1 is 0.545 bits per heavy atom. The summed E-state index contributed by atoms with van der Waals surface area (Å²) in [6.07, 6.45) is 1.84. The summed E-state index contributed by atoms with van der Waals surface area (Å²) in [6.45, 7) is 8.03. The molecule has 3 saturated heterocycles. The number of amides is 13. The van der Waals surface area contributed by atoms with Crippen LogP contribution in [0.5, 0.6) is 17.5 Å². The zero-order valence-electron chi connectivity index (χ0n) is 74.0. The Morgan fingerprint density at radius 2 is 1.08 bits per heavy atom. The zero-order chi connectivity index (χ0) is 96.6. The van der Waals surface area contributed by atoms with Crippen LogP contribution in [0.1, 0.15) is 167 Å². The number of aliphatic carboxylic acids is 1. The minimum atomic E-state index is -1.65. The maximum Gasteiger partial charge on any atom is 0.365 e. The van der Waals surface area contributed by atoms with Crippen molar-refractivity contribution in [3.63, 3.8) is 0 Å². The van der Waals surface area contributed by atoms with Crippen molar-refractivity contribution in [3.8, 4) is 28.6 Å². The summed E-state index contributed by atoms with van der Waals surface area (Å²) < 4.78 is 6.00. The molecule has 48 heteroatoms. The quantitative estimate of drug-likeness (QED) is 0.00600. The summed E-state index contributed by atoms with van der Waals surface area (Å²) in [7, 11) is 0. The third-order valence-corrected chi connectivity index (χ3v) is 23.4. The summed E-state index contributed by atoms with van der Waals surface area (Å²) in [4.78, 5) is 206. The number of nitrogens with two attached hydrogens (primary N) is 4. The van der Waals surface area contributed by atoms with E-state index in [0.29, 0.717) is 42.0 Å². The molecule has 13 amide bonds. The number of unbranched alkanes of at least 4 members (excludes halogenated alkanes) is 2. The van der Waals surface area contributed by atoms with Crippen LogP contribution in [-0.4, -0.2) is 263 Å². The number of benzene rings is 3. The molecule has 0 saturated carbocycles. The average molecular weight is 1860 g/mol. The second kappa shape index (κ2) is 50.2. The summed E-state index contributed by atoms with van der Waals surface area (Å²) in [5, 5.41) is 118. The summed E-state index contributed by atoms with van der Waals surface area (Å²) in [6, 6.07) is -0.406. The van der Waals surface area contributed by atoms with Gasteiger partial charge in [-0.3, -0.25) is 73.8 Å². The van der Waals surface area contributed by atoms with Gasteiger partial charge in [0.1, 0.15) is 65.9 Å². The highest BCUT2D eigenvalue weighted by atomic mass is 32.2. The number of hydrogen-bond donors (Lipinski definition) is 28. The lowest BCUT2D eigenvalue weighted by molar-refractivity contribution is -0.142. The van der Waals surface area contributed by atoms with E-state index in [4.69, 9.17) is 43.6 Å². The molecule has 3 aromatic carbocycles. The monoisotopic (exact) mass is 1860 g/mol. The molecule has 32 N–H and O–H groups in total. The van der Waals surface area contributed by atoms with E-state index in [1.165, 1.54) is 54.3 Å². The number of rotatable bonds is 53. The molecular formula is C84H122N27O20S+. The Kier molecular flexibility index (Phi) is 39.2. The maximum absolute atomic E-state index is 14.8. The first-order valence-corrected chi connectivity index (χ1v) is 44.7. The molecule has 3 fully saturated rings. The number of nitrogens with one attached hydrogen (secondary N) is 19. The van der Waals surface area contributed by atoms with Gasteiger partial charge in [-0.05, 0) is 163 Å². The standard InChI is InChI=1S/C84H121N27O20S/c1-41(2)34-56(105-75(125)59-18-13-33-111(59)76(126)55(17-12-32-94-80(90)91)99-63(114)20-7-6-19-62-67-58(40-132-62)106-83(129)107-67)70(120)96-39-64(115)100-57(35-42(3)4)74(124)103-52(71(121)97-43(5)69(119)102-53(16-11-31-93-79(88)89)72(122)104-54(27-28-65(116)117)73(123)101-51(68(85)118)15-10-30-92-78(86)87)14-8-9-29-95-81-108-82(110-84(130)109-81)98-44-21-24-47(50(36-44)77(127)128)66-48-25-22-45(112)37-60(48)131-61-38-46(113)23-26-49(61)66/h21-26,36-38,41-43,51-59,62,67H,6-20,27-35,39-40H2,1-5H3,(H31-,85,86,87,88,89,90,91,92,93,94,95,96,97,98,99,100,101,102,103,104,105,106,107,108,109,110,112,113,114,115,116,117,118,119,120,121,122,123,124,125,127,128,129,130)/p+1/t43-,51-,52-,53-,54-,55-,56-,57-,58?,59-,62?,67?/m0/s1. The van der Waals surface area contributed by atoms with Crippen molar-refractivity contribution < 1.29 is 97.1 Å². The van der Waals surface area contributed by atoms with Gasteiger partial charge in [-0.1, -0.05) is 40.2 Å². The Hall–Kier alpha value is -14.1. The number of carboxylic acid groups (broad SMARTS) is 2. The van der Waals surface area contributed by atoms with E-state index >= 15 is 0 Å². The minimum Gasteiger partial charge on any atom is -0.508 e. The average Bonchev–Trinajstić information content (AvgIpc) is 1.13. The second-order valence-corrected chi connectivity index (χ2v) is 34.6. The van der Waals surface area contributed by atoms with Gasteiger partial charge in [0.2, 0.25) is 76.9 Å². The highest BCUT2D eigenvalue weighted by Crippen LogP contribution is 2.41. The fourth-order valence-corrected chi connectivity index (χ4v) is 17.0. The number of likely N-dealkylation sites (tertiary alicyclic amines) is 1. The number of urea groups is 1. The molecular weight excluding hydrogens is 1740 g/mol. The Morgan fingerprint density at radius 3 is 1.67 bits per heavy atom. The summed E-state index contributed by atoms with van der Waals surface area (Å²) >= 11 is 1.76. The predicted octanol–water partition coefficient (Wildman–Crippen LogP) is -0.177. The molecule has 132 heavy (non-hydrogen) atoms. The molecule has 47 nitrogen and oxygen atoms in total. The number of aromatic hydroxyl groups is 3. The summed E-state index contributed by atoms with van der Waals surface area (Å²) in [5.41, 5.74) is 22.9. The van der Waals surface area contributed by atoms with Crippen LogP contribution >= 0.6 is 11.8 Å². The van der Waals surface area contributed by atoms with Crippen molar-refractivity contribution in [1.29, 1.82) is 16.2 Å². The van der Waals surface area contributed by atoms with Crippen LogP contribution in [0.2, 0.25) is 0 Å². The largest absolute Gasteiger partial charge is 0.508 e. The number of phenolic OH excluding ortho intramolecular Hbond substituents is 2. The molecule has 0 spiro atoms. The lowest BCUT2D eigenvalue weighted by Gasteiger charge is -2.30. The molecule has 5 heterocycles. The molecule has 0 radical (unpaired) electrons. The number of carbonyl (C=O) groups excluding carboxylic acids is 12. The van der Waals surface area contributed by atoms with Crippen LogP contribution in [0, 0.1) is 28.1 Å². The number of aromatic carboxylic acids is 1. The zero-order valence-corrected chi connectivity index (χ0v) is 74.8. The first-order chi connectivity index (χ1) is 62.7. The normalized spacial score (nSPS) is 16.8. The van der Waals surface area contributed by atoms with Crippen molar-refractivity contribution in [2.24, 2.45) is 34.8 Å². The van der Waals surface area contributed by atoms with Gasteiger partial charge in [0.25, 0.3) is 0 Å². The fourth-order valence-electron chi connectivity index (χ4n) is 15.4. The lowest BCUT2D eigenvalue weighted by Crippen LogP contribution is -2.59. The SMILES string of the molecule is CC(C)C[C@H](NC(=O)CNC(=O)[C@H](CC(C)C)NC(=O)[C@@H]1CCCN1C(=O)[C@H](CCCNC(=N)N)NC(=O)CCCCC1SCC2NC(=O)NC21)C(=O)N[C@@H](CCCCNc1nc(O)nc(Nc2ccc(-c3c4ccc(O)cc4[o+]c4cc(O)ccc34)c(C(=O)O)c2)n1)C(=O)N[C@@H](C)C(=O)N[C@@H](CCCNC(=N)N)C(=O)N[C@@H](CCC(=O)O)C(=O)N[C@@H](CCCNC(=N)N)C(N)=O. The van der Waals surface area contributed by atoms with Crippen molar-refractivity contribution >= 4 is 152 Å². The van der Waals surface area contributed by atoms with Crippen LogP contribution in [0.4, 0.5) is 22.4 Å². The van der Waals surface area contributed by atoms with E-state index in [1.807, 2.05) is 0 Å². The van der Waals surface area contributed by atoms with Gasteiger partial charge in [-0.2, -0.15) is 26.7 Å². The van der Waals surface area contributed by atoms with Gasteiger partial charge in [0.05, 0.1) is 47.1 Å². The van der Waals surface area contributed by atoms with Crippen LogP contribution in [0.3, 0.4) is 0 Å². The van der Waals surface area contributed by atoms with Crippen LogP contribution in [0.25, 0.3) is 33.1 Å². The number of carbonyl (C=O) groups is 14. The summed E-state index contributed by atoms with van der Waals surface area (Å²) in [5.74, 6) is -13.4.